The summed E-state index contributed by atoms with van der Waals surface area (Å²) in [5, 5.41) is 18.2. The van der Waals surface area contributed by atoms with E-state index in [1.54, 1.807) is 24.4 Å². The van der Waals surface area contributed by atoms with Gasteiger partial charge in [-0.05, 0) is 49.5 Å². The van der Waals surface area contributed by atoms with Gasteiger partial charge in [0.05, 0.1) is 13.2 Å². The first-order valence-electron chi connectivity index (χ1n) is 10.1. The minimum Gasteiger partial charge on any atom is -0.477 e. The lowest BCUT2D eigenvalue weighted by Crippen LogP contribution is -2.42. The highest BCUT2D eigenvalue weighted by atomic mass is 19.3. The number of hydrogen-bond donors (Lipinski definition) is 2. The summed E-state index contributed by atoms with van der Waals surface area (Å²) in [4.78, 5) is 6.06. The Morgan fingerprint density at radius 1 is 1.17 bits per heavy atom. The fourth-order valence-corrected chi connectivity index (χ4v) is 3.51. The molecule has 0 atom stereocenters. The van der Waals surface area contributed by atoms with Crippen LogP contribution in [0, 0.1) is 11.7 Å². The van der Waals surface area contributed by atoms with Crippen molar-refractivity contribution in [2.75, 3.05) is 26.2 Å². The molecule has 3 rings (SSSR count). The Morgan fingerprint density at radius 3 is 2.43 bits per heavy atom. The number of aliphatic hydroxyl groups is 2. The van der Waals surface area contributed by atoms with Gasteiger partial charge in [-0.2, -0.15) is 0 Å². The summed E-state index contributed by atoms with van der Waals surface area (Å²) < 4.78 is 46.7. The molecule has 2 aromatic rings. The molecule has 1 aromatic heterocycles. The molecule has 0 spiro atoms. The molecule has 1 saturated heterocycles. The predicted octanol–water partition coefficient (Wildman–Crippen LogP) is 4.01. The number of alkyl halides is 2. The third kappa shape index (κ3) is 5.93. The van der Waals surface area contributed by atoms with Crippen LogP contribution in [0.2, 0.25) is 0 Å². The number of hydrogen-bond acceptors (Lipinski definition) is 5. The first kappa shape index (κ1) is 22.5. The summed E-state index contributed by atoms with van der Waals surface area (Å²) in [5.74, 6) is -2.59. The summed E-state index contributed by atoms with van der Waals surface area (Å²) in [6, 6.07) is 7.58. The van der Waals surface area contributed by atoms with E-state index in [1.165, 1.54) is 19.1 Å². The monoisotopic (exact) mass is 424 g/mol. The van der Waals surface area contributed by atoms with Crippen LogP contribution in [0.15, 0.2) is 36.5 Å². The SMILES string of the molecule is CCC(F)(F)CN1CCC(COc2ccc(-c3ccc(C(O)O)c(F)c3)cn2)CC1. The molecule has 0 radical (unpaired) electrons. The van der Waals surface area contributed by atoms with Gasteiger partial charge >= 0.3 is 0 Å². The smallest absolute Gasteiger partial charge is 0.260 e. The van der Waals surface area contributed by atoms with E-state index >= 15 is 0 Å². The second-order valence-electron chi connectivity index (χ2n) is 7.74. The summed E-state index contributed by atoms with van der Waals surface area (Å²) in [6.07, 6.45) is 1.18. The average molecular weight is 424 g/mol. The number of halogens is 3. The quantitative estimate of drug-likeness (QED) is 0.627. The number of piperidine rings is 1. The van der Waals surface area contributed by atoms with Crippen LogP contribution in [0.1, 0.15) is 38.0 Å². The Hall–Kier alpha value is -2.16. The molecule has 2 heterocycles. The van der Waals surface area contributed by atoms with Gasteiger partial charge in [0.15, 0.2) is 6.29 Å². The van der Waals surface area contributed by atoms with Gasteiger partial charge in [-0.3, -0.25) is 4.90 Å². The van der Waals surface area contributed by atoms with Crippen molar-refractivity contribution in [2.45, 2.75) is 38.4 Å². The number of ether oxygens (including phenoxy) is 1. The van der Waals surface area contributed by atoms with Crippen LogP contribution in [0.4, 0.5) is 13.2 Å². The first-order chi connectivity index (χ1) is 14.3. The third-order valence-electron chi connectivity index (χ3n) is 5.49. The molecular weight excluding hydrogens is 397 g/mol. The van der Waals surface area contributed by atoms with Crippen molar-refractivity contribution >= 4 is 0 Å². The molecule has 5 nitrogen and oxygen atoms in total. The maximum Gasteiger partial charge on any atom is 0.260 e. The Morgan fingerprint density at radius 2 is 1.87 bits per heavy atom. The fourth-order valence-electron chi connectivity index (χ4n) is 3.51. The molecule has 0 saturated carbocycles. The van der Waals surface area contributed by atoms with Crippen LogP contribution in [-0.4, -0.2) is 52.3 Å². The average Bonchev–Trinajstić information content (AvgIpc) is 2.73. The number of likely N-dealkylation sites (tertiary alicyclic amines) is 1. The maximum absolute atomic E-state index is 13.9. The van der Waals surface area contributed by atoms with E-state index in [-0.39, 0.29) is 18.5 Å². The molecule has 1 fully saturated rings. The second kappa shape index (κ2) is 9.76. The summed E-state index contributed by atoms with van der Waals surface area (Å²) in [7, 11) is 0. The largest absolute Gasteiger partial charge is 0.477 e. The van der Waals surface area contributed by atoms with Crippen LogP contribution in [-0.2, 0) is 0 Å². The molecule has 0 bridgehead atoms. The highest BCUT2D eigenvalue weighted by Gasteiger charge is 2.31. The van der Waals surface area contributed by atoms with Crippen molar-refractivity contribution in [3.05, 3.63) is 47.9 Å². The Kier molecular flexibility index (Phi) is 7.33. The molecule has 164 valence electrons. The molecule has 30 heavy (non-hydrogen) atoms. The molecule has 8 heteroatoms. The van der Waals surface area contributed by atoms with Crippen molar-refractivity contribution in [3.63, 3.8) is 0 Å². The van der Waals surface area contributed by atoms with Gasteiger partial charge in [0.25, 0.3) is 5.92 Å². The van der Waals surface area contributed by atoms with Crippen molar-refractivity contribution < 1.29 is 28.1 Å². The highest BCUT2D eigenvalue weighted by Crippen LogP contribution is 2.26. The molecule has 0 unspecified atom stereocenters. The molecule has 1 aliphatic rings. The second-order valence-corrected chi connectivity index (χ2v) is 7.74. The lowest BCUT2D eigenvalue weighted by atomic mass is 9.97. The Balaban J connectivity index is 1.49. The molecule has 0 amide bonds. The third-order valence-corrected chi connectivity index (χ3v) is 5.49. The van der Waals surface area contributed by atoms with Crippen LogP contribution >= 0.6 is 0 Å². The lowest BCUT2D eigenvalue weighted by molar-refractivity contribution is -0.0450. The van der Waals surface area contributed by atoms with Crippen molar-refractivity contribution in [3.8, 4) is 17.0 Å². The lowest BCUT2D eigenvalue weighted by Gasteiger charge is -2.33. The van der Waals surface area contributed by atoms with E-state index in [1.807, 2.05) is 4.90 Å². The number of aromatic nitrogens is 1. The predicted molar refractivity (Wildman–Crippen MR) is 107 cm³/mol. The zero-order valence-corrected chi connectivity index (χ0v) is 16.9. The summed E-state index contributed by atoms with van der Waals surface area (Å²) in [6.45, 7) is 3.07. The van der Waals surface area contributed by atoms with Gasteiger partial charge in [-0.15, -0.1) is 0 Å². The minimum atomic E-state index is -2.63. The van der Waals surface area contributed by atoms with E-state index in [0.29, 0.717) is 42.6 Å². The number of benzene rings is 1. The number of aliphatic hydroxyl groups excluding tert-OH is 1. The van der Waals surface area contributed by atoms with Crippen LogP contribution in [0.3, 0.4) is 0 Å². The van der Waals surface area contributed by atoms with Gasteiger partial charge < -0.3 is 14.9 Å². The van der Waals surface area contributed by atoms with E-state index in [2.05, 4.69) is 4.98 Å². The number of rotatable bonds is 8. The van der Waals surface area contributed by atoms with E-state index in [0.717, 1.165) is 12.8 Å². The Bertz CT molecular complexity index is 823. The Labute approximate surface area is 174 Å². The van der Waals surface area contributed by atoms with Crippen molar-refractivity contribution in [1.29, 1.82) is 0 Å². The van der Waals surface area contributed by atoms with Gasteiger partial charge in [0, 0.05) is 29.8 Å². The van der Waals surface area contributed by atoms with Crippen molar-refractivity contribution in [1.82, 2.24) is 9.88 Å². The fraction of sp³-hybridized carbons (Fsp3) is 0.500. The molecule has 2 N–H and O–H groups in total. The van der Waals surface area contributed by atoms with Crippen LogP contribution < -0.4 is 4.74 Å². The van der Waals surface area contributed by atoms with Gasteiger partial charge in [-0.1, -0.05) is 19.1 Å². The molecule has 1 aromatic carbocycles. The number of pyridine rings is 1. The molecular formula is C22H27F3N2O3. The zero-order chi connectivity index (χ0) is 21.7. The van der Waals surface area contributed by atoms with Crippen molar-refractivity contribution in [2.24, 2.45) is 5.92 Å². The number of nitrogens with zero attached hydrogens (tertiary/aromatic N) is 2. The van der Waals surface area contributed by atoms with Crippen LogP contribution in [0.5, 0.6) is 5.88 Å². The zero-order valence-electron chi connectivity index (χ0n) is 16.9. The maximum atomic E-state index is 13.9. The van der Waals surface area contributed by atoms with E-state index < -0.39 is 18.0 Å². The van der Waals surface area contributed by atoms with Gasteiger partial charge in [0.2, 0.25) is 5.88 Å². The summed E-state index contributed by atoms with van der Waals surface area (Å²) in [5.41, 5.74) is 1.05. The molecule has 0 aliphatic carbocycles. The van der Waals surface area contributed by atoms with E-state index in [9.17, 15) is 13.2 Å². The standard InChI is InChI=1S/C22H27F3N2O3/c1-2-22(24,25)14-27-9-7-15(8-10-27)13-30-20-6-4-17(12-26-20)16-3-5-18(21(28)29)19(23)11-16/h3-6,11-12,15,21,28-29H,2,7-10,13-14H2,1H3. The first-order valence-corrected chi connectivity index (χ1v) is 10.1. The van der Waals surface area contributed by atoms with Crippen LogP contribution in [0.25, 0.3) is 11.1 Å². The minimum absolute atomic E-state index is 0.141. The normalized spacial score (nSPS) is 16.2. The molecule has 1 aliphatic heterocycles. The van der Waals surface area contributed by atoms with E-state index in [4.69, 9.17) is 14.9 Å². The van der Waals surface area contributed by atoms with Gasteiger partial charge in [0.1, 0.15) is 5.82 Å². The topological polar surface area (TPSA) is 65.8 Å². The highest BCUT2D eigenvalue weighted by molar-refractivity contribution is 5.63. The summed E-state index contributed by atoms with van der Waals surface area (Å²) >= 11 is 0. The van der Waals surface area contributed by atoms with Gasteiger partial charge in [-0.25, -0.2) is 18.2 Å².